The lowest BCUT2D eigenvalue weighted by molar-refractivity contribution is 0.152. The monoisotopic (exact) mass is 294 g/mol. The highest BCUT2D eigenvalue weighted by molar-refractivity contribution is 5.38. The van der Waals surface area contributed by atoms with E-state index in [9.17, 15) is 0 Å². The molecule has 1 atom stereocenters. The van der Waals surface area contributed by atoms with Gasteiger partial charge in [0.05, 0.1) is 11.4 Å². The number of piperazine rings is 1. The van der Waals surface area contributed by atoms with Crippen LogP contribution in [0.25, 0.3) is 0 Å². The van der Waals surface area contributed by atoms with Gasteiger partial charge < -0.3 is 5.32 Å². The molecule has 4 heteroatoms. The van der Waals surface area contributed by atoms with Gasteiger partial charge in [0.15, 0.2) is 0 Å². The molecule has 0 spiro atoms. The molecule has 2 aliphatic heterocycles. The van der Waals surface area contributed by atoms with Crippen molar-refractivity contribution in [3.63, 3.8) is 0 Å². The van der Waals surface area contributed by atoms with Crippen molar-refractivity contribution >= 4 is 0 Å². The Morgan fingerprint density at radius 2 is 2.18 bits per heavy atom. The summed E-state index contributed by atoms with van der Waals surface area (Å²) in [5.41, 5.74) is 6.38. The molecule has 2 aliphatic rings. The number of nitrogens with one attached hydrogen (secondary N) is 1. The van der Waals surface area contributed by atoms with E-state index in [1.165, 1.54) is 36.2 Å². The van der Waals surface area contributed by atoms with Crippen LogP contribution in [0.2, 0.25) is 0 Å². The predicted molar refractivity (Wildman–Crippen MR) is 86.9 cm³/mol. The highest BCUT2D eigenvalue weighted by Crippen LogP contribution is 2.31. The molecule has 0 unspecified atom stereocenters. The van der Waals surface area contributed by atoms with Crippen molar-refractivity contribution in [2.24, 2.45) is 0 Å². The number of benzene rings is 1. The fraction of sp³-hybridized carbons (Fsp3) is 0.444. The molecule has 2 aromatic rings. The number of aryl methyl sites for hydroxylation is 1. The molecule has 22 heavy (non-hydrogen) atoms. The third-order valence-corrected chi connectivity index (χ3v) is 4.81. The first-order chi connectivity index (χ1) is 10.8. The quantitative estimate of drug-likeness (QED) is 0.918. The van der Waals surface area contributed by atoms with E-state index in [0.717, 1.165) is 30.9 Å². The number of rotatable bonds is 2. The summed E-state index contributed by atoms with van der Waals surface area (Å²) in [6.07, 6.45) is 5.77. The van der Waals surface area contributed by atoms with Gasteiger partial charge in [-0.1, -0.05) is 18.2 Å². The molecule has 114 valence electrons. The maximum atomic E-state index is 4.47. The Balaban J connectivity index is 1.58. The number of hydrogen-bond donors (Lipinski definition) is 1. The van der Waals surface area contributed by atoms with Crippen LogP contribution in [0.15, 0.2) is 30.6 Å². The zero-order valence-corrected chi connectivity index (χ0v) is 13.0. The minimum atomic E-state index is 0.561. The molecule has 1 saturated heterocycles. The Bertz CT molecular complexity index is 665. The number of nitrogens with zero attached hydrogens (tertiary/aromatic N) is 3. The summed E-state index contributed by atoms with van der Waals surface area (Å²) in [5, 5.41) is 3.52. The molecule has 3 heterocycles. The lowest BCUT2D eigenvalue weighted by atomic mass is 9.89. The van der Waals surface area contributed by atoms with Crippen LogP contribution in [0.4, 0.5) is 0 Å². The predicted octanol–water partition coefficient (Wildman–Crippen LogP) is 1.88. The number of hydrogen-bond acceptors (Lipinski definition) is 4. The van der Waals surface area contributed by atoms with Gasteiger partial charge in [-0.25, -0.2) is 0 Å². The van der Waals surface area contributed by atoms with E-state index < -0.39 is 0 Å². The van der Waals surface area contributed by atoms with Gasteiger partial charge in [-0.15, -0.1) is 0 Å². The van der Waals surface area contributed by atoms with E-state index in [2.05, 4.69) is 38.4 Å². The first-order valence-corrected chi connectivity index (χ1v) is 8.13. The SMILES string of the molecule is Cc1cnc(Cc2ccc3c(c2)CCN2CCNC[C@@H]32)cn1. The summed E-state index contributed by atoms with van der Waals surface area (Å²) in [6.45, 7) is 6.53. The molecule has 0 amide bonds. The van der Waals surface area contributed by atoms with Crippen molar-refractivity contribution in [3.8, 4) is 0 Å². The molecule has 0 saturated carbocycles. The molecule has 1 fully saturated rings. The van der Waals surface area contributed by atoms with E-state index in [1.807, 2.05) is 19.3 Å². The average molecular weight is 294 g/mol. The summed E-state index contributed by atoms with van der Waals surface area (Å²) >= 11 is 0. The van der Waals surface area contributed by atoms with Crippen molar-refractivity contribution in [3.05, 3.63) is 58.7 Å². The molecule has 1 aromatic carbocycles. The van der Waals surface area contributed by atoms with Crippen LogP contribution in [0.1, 0.15) is 34.1 Å². The van der Waals surface area contributed by atoms with Gasteiger partial charge in [0, 0.05) is 51.0 Å². The second kappa shape index (κ2) is 5.78. The third kappa shape index (κ3) is 2.64. The molecule has 4 rings (SSSR count). The molecule has 1 N–H and O–H groups in total. The summed E-state index contributed by atoms with van der Waals surface area (Å²) in [4.78, 5) is 11.4. The largest absolute Gasteiger partial charge is 0.314 e. The molecule has 0 aliphatic carbocycles. The smallest absolute Gasteiger partial charge is 0.0630 e. The number of fused-ring (bicyclic) bond motifs is 3. The average Bonchev–Trinajstić information content (AvgIpc) is 2.57. The minimum Gasteiger partial charge on any atom is -0.314 e. The Kier molecular flexibility index (Phi) is 3.64. The summed E-state index contributed by atoms with van der Waals surface area (Å²) in [6, 6.07) is 7.53. The van der Waals surface area contributed by atoms with Crippen LogP contribution in [-0.2, 0) is 12.8 Å². The van der Waals surface area contributed by atoms with Crippen LogP contribution in [-0.4, -0.2) is 41.0 Å². The van der Waals surface area contributed by atoms with E-state index in [4.69, 9.17) is 0 Å². The first-order valence-electron chi connectivity index (χ1n) is 8.13. The van der Waals surface area contributed by atoms with Crippen molar-refractivity contribution < 1.29 is 0 Å². The van der Waals surface area contributed by atoms with Gasteiger partial charge in [-0.2, -0.15) is 0 Å². The molecule has 1 aromatic heterocycles. The van der Waals surface area contributed by atoms with E-state index in [-0.39, 0.29) is 0 Å². The van der Waals surface area contributed by atoms with E-state index in [0.29, 0.717) is 6.04 Å². The number of aromatic nitrogens is 2. The van der Waals surface area contributed by atoms with Gasteiger partial charge in [-0.3, -0.25) is 14.9 Å². The van der Waals surface area contributed by atoms with Crippen molar-refractivity contribution in [1.29, 1.82) is 0 Å². The third-order valence-electron chi connectivity index (χ3n) is 4.81. The molecule has 0 bridgehead atoms. The molecular formula is C18H22N4. The summed E-state index contributed by atoms with van der Waals surface area (Å²) in [7, 11) is 0. The Hall–Kier alpha value is -1.78. The van der Waals surface area contributed by atoms with Crippen molar-refractivity contribution in [2.45, 2.75) is 25.8 Å². The van der Waals surface area contributed by atoms with Gasteiger partial charge in [0.2, 0.25) is 0 Å². The molecule has 0 radical (unpaired) electrons. The van der Waals surface area contributed by atoms with Crippen LogP contribution < -0.4 is 5.32 Å². The molecule has 4 nitrogen and oxygen atoms in total. The van der Waals surface area contributed by atoms with Gasteiger partial charge >= 0.3 is 0 Å². The van der Waals surface area contributed by atoms with Gasteiger partial charge in [-0.05, 0) is 30.0 Å². The van der Waals surface area contributed by atoms with Gasteiger partial charge in [0.25, 0.3) is 0 Å². The summed E-state index contributed by atoms with van der Waals surface area (Å²) < 4.78 is 0. The van der Waals surface area contributed by atoms with Crippen LogP contribution in [0, 0.1) is 6.92 Å². The Labute approximate surface area is 131 Å². The van der Waals surface area contributed by atoms with Crippen molar-refractivity contribution in [1.82, 2.24) is 20.2 Å². The van der Waals surface area contributed by atoms with Gasteiger partial charge in [0.1, 0.15) is 0 Å². The normalized spacial score (nSPS) is 21.2. The van der Waals surface area contributed by atoms with E-state index >= 15 is 0 Å². The maximum absolute atomic E-state index is 4.47. The lowest BCUT2D eigenvalue weighted by Gasteiger charge is -2.41. The zero-order chi connectivity index (χ0) is 14.9. The first kappa shape index (κ1) is 13.9. The van der Waals surface area contributed by atoms with Crippen molar-refractivity contribution in [2.75, 3.05) is 26.2 Å². The fourth-order valence-corrected chi connectivity index (χ4v) is 3.62. The van der Waals surface area contributed by atoms with Crippen LogP contribution in [0.5, 0.6) is 0 Å². The lowest BCUT2D eigenvalue weighted by Crippen LogP contribution is -2.48. The molecular weight excluding hydrogens is 272 g/mol. The second-order valence-corrected chi connectivity index (χ2v) is 6.36. The highest BCUT2D eigenvalue weighted by Gasteiger charge is 2.29. The van der Waals surface area contributed by atoms with Crippen LogP contribution in [0.3, 0.4) is 0 Å². The summed E-state index contributed by atoms with van der Waals surface area (Å²) in [5.74, 6) is 0. The maximum Gasteiger partial charge on any atom is 0.0630 e. The van der Waals surface area contributed by atoms with E-state index in [1.54, 1.807) is 0 Å². The van der Waals surface area contributed by atoms with Crippen LogP contribution >= 0.6 is 0 Å². The zero-order valence-electron chi connectivity index (χ0n) is 13.0. The second-order valence-electron chi connectivity index (χ2n) is 6.36. The Morgan fingerprint density at radius 1 is 1.23 bits per heavy atom. The topological polar surface area (TPSA) is 41.1 Å². The Morgan fingerprint density at radius 3 is 3.05 bits per heavy atom. The fourth-order valence-electron chi connectivity index (χ4n) is 3.62. The highest BCUT2D eigenvalue weighted by atomic mass is 15.2. The minimum absolute atomic E-state index is 0.561. The standard InChI is InChI=1S/C18H22N4/c1-13-10-21-16(11-20-13)9-14-2-3-17-15(8-14)4-6-22-7-5-19-12-18(17)22/h2-3,8,10-11,18-19H,4-7,9,12H2,1H3/t18-/m0/s1.